The molecule has 0 saturated heterocycles. The minimum atomic E-state index is -1.41. The summed E-state index contributed by atoms with van der Waals surface area (Å²) in [4.78, 5) is 0. The molecule has 37 heavy (non-hydrogen) atoms. The topological polar surface area (TPSA) is 0 Å². The second-order valence-corrected chi connectivity index (χ2v) is 65.6. The van der Waals surface area contributed by atoms with Gasteiger partial charge in [0.1, 0.15) is 0 Å². The predicted octanol–water partition coefficient (Wildman–Crippen LogP) is 9.24. The third-order valence-corrected chi connectivity index (χ3v) is 49.6. The Morgan fingerprint density at radius 1 is 0.432 bits per heavy atom. The fourth-order valence-corrected chi connectivity index (χ4v) is 62.7. The molecule has 0 aliphatic heterocycles. The van der Waals surface area contributed by atoms with Gasteiger partial charge in [0.05, 0.1) is 0 Å². The molecule has 0 fully saturated rings. The molecule has 0 spiro atoms. The van der Waals surface area contributed by atoms with Gasteiger partial charge in [-0.3, -0.25) is 0 Å². The molecular weight excluding hydrogens is 742 g/mol. The normalized spacial score (nSPS) is 21.0. The quantitative estimate of drug-likeness (QED) is 0.194. The fourth-order valence-electron chi connectivity index (χ4n) is 7.72. The van der Waals surface area contributed by atoms with Gasteiger partial charge in [0.25, 0.3) is 0 Å². The van der Waals surface area contributed by atoms with Crippen LogP contribution < -0.4 is 0 Å². The number of allylic oxidation sites excluding steroid dienone is 8. The van der Waals surface area contributed by atoms with Crippen molar-refractivity contribution in [2.45, 2.75) is 127 Å². The van der Waals surface area contributed by atoms with Gasteiger partial charge < -0.3 is 0 Å². The Bertz CT molecular complexity index is 901. The molecule has 2 rings (SSSR count). The van der Waals surface area contributed by atoms with Gasteiger partial charge in [0.2, 0.25) is 0 Å². The zero-order valence-electron chi connectivity index (χ0n) is 27.5. The van der Waals surface area contributed by atoms with Crippen molar-refractivity contribution in [3.63, 3.8) is 0 Å². The molecule has 0 aromatic carbocycles. The van der Waals surface area contributed by atoms with E-state index in [9.17, 15) is 0 Å². The second-order valence-electron chi connectivity index (χ2n) is 17.6. The van der Waals surface area contributed by atoms with E-state index in [4.69, 9.17) is 0 Å². The van der Waals surface area contributed by atoms with Crippen LogP contribution in [0.3, 0.4) is 0 Å². The molecule has 2 aliphatic carbocycles. The van der Waals surface area contributed by atoms with Gasteiger partial charge >= 0.3 is 257 Å². The van der Waals surface area contributed by atoms with E-state index < -0.39 is 48.4 Å². The molecule has 0 aromatic heterocycles. The van der Waals surface area contributed by atoms with Gasteiger partial charge in [-0.25, -0.2) is 0 Å². The van der Waals surface area contributed by atoms with Crippen LogP contribution in [0.4, 0.5) is 0 Å². The van der Waals surface area contributed by atoms with Crippen LogP contribution in [0.25, 0.3) is 0 Å². The van der Waals surface area contributed by atoms with Crippen LogP contribution in [0.1, 0.15) is 0 Å². The molecule has 0 unspecified atom stereocenters. The van der Waals surface area contributed by atoms with Crippen LogP contribution >= 0.6 is 0 Å². The molecule has 0 N–H and O–H groups in total. The fraction of sp³-hybridized carbons (Fsp3) is 0.714. The van der Waals surface area contributed by atoms with Gasteiger partial charge in [-0.2, -0.15) is 0 Å². The predicted molar refractivity (Wildman–Crippen MR) is 195 cm³/mol. The monoisotopic (exact) mass is 802 g/mol. The zero-order chi connectivity index (χ0) is 29.3. The molecule has 0 radical (unpaired) electrons. The summed E-state index contributed by atoms with van der Waals surface area (Å²) in [6.07, 6.45) is 11.4. The molecule has 9 heteroatoms. The molecule has 0 nitrogen and oxygen atoms in total. The van der Waals surface area contributed by atoms with E-state index in [1.165, 1.54) is 0 Å². The van der Waals surface area contributed by atoms with Gasteiger partial charge in [-0.1, -0.05) is 0 Å². The van der Waals surface area contributed by atoms with Crippen molar-refractivity contribution >= 4 is 86.0 Å². The first-order chi connectivity index (χ1) is 16.1. The molecule has 0 amide bonds. The standard InChI is InChI=1S/C28H58Se3Si6/c1-32(2,3)25-19-23(21-27(25,34(7,8)9)35(10,11)12)29-31-30-24-20-26(33(4,5)6)28(22-24,36(13,14)15)37(16,17)18/h19-22H,1-18H3. The van der Waals surface area contributed by atoms with Gasteiger partial charge in [-0.15, -0.1) is 0 Å². The summed E-state index contributed by atoms with van der Waals surface area (Å²) in [6, 6.07) is 0. The summed E-state index contributed by atoms with van der Waals surface area (Å²) in [5.74, 6) is 0. The minimum absolute atomic E-state index is 0.451. The third kappa shape index (κ3) is 6.59. The van der Waals surface area contributed by atoms with Gasteiger partial charge in [-0.05, 0) is 0 Å². The summed E-state index contributed by atoms with van der Waals surface area (Å²) in [5.41, 5.74) is 0. The maximum atomic E-state index is 2.91. The van der Waals surface area contributed by atoms with Crippen LogP contribution in [0.15, 0.2) is 43.6 Å². The Labute approximate surface area is 254 Å². The Kier molecular flexibility index (Phi) is 10.2. The summed E-state index contributed by atoms with van der Waals surface area (Å²) in [7, 11) is -8.42. The van der Waals surface area contributed by atoms with Crippen molar-refractivity contribution in [3.05, 3.63) is 43.6 Å². The van der Waals surface area contributed by atoms with E-state index in [0.29, 0.717) is 35.6 Å². The Morgan fingerprint density at radius 3 is 0.838 bits per heavy atom. The van der Waals surface area contributed by atoms with Crippen LogP contribution in [0.5, 0.6) is 0 Å². The van der Waals surface area contributed by atoms with E-state index in [0.717, 1.165) is 11.3 Å². The Hall–Kier alpha value is 1.82. The molecular formula is C28H58Se3Si6. The molecule has 0 bridgehead atoms. The molecule has 0 atom stereocenters. The van der Waals surface area contributed by atoms with Crippen molar-refractivity contribution in [2.75, 3.05) is 0 Å². The molecule has 0 heterocycles. The van der Waals surface area contributed by atoms with Crippen LogP contribution in [-0.2, 0) is 0 Å². The summed E-state index contributed by atoms with van der Waals surface area (Å²) in [6.45, 7) is 47.7. The SMILES string of the molecule is C[Si](C)(C)C1=CC([Se][Se][Se]C2=CC([Si](C)(C)C)([Si](C)(C)C)C([Si](C)(C)C)=C2)=CC1([Si](C)(C)C)[Si](C)(C)C. The van der Waals surface area contributed by atoms with Crippen LogP contribution in [0.2, 0.25) is 127 Å². The number of hydrogen-bond donors (Lipinski definition) is 0. The first-order valence-electron chi connectivity index (χ1n) is 14.1. The average molecular weight is 800 g/mol. The van der Waals surface area contributed by atoms with Crippen molar-refractivity contribution in [1.82, 2.24) is 0 Å². The van der Waals surface area contributed by atoms with Crippen molar-refractivity contribution in [3.8, 4) is 0 Å². The van der Waals surface area contributed by atoms with E-state index in [2.05, 4.69) is 142 Å². The molecule has 2 aliphatic rings. The van der Waals surface area contributed by atoms with E-state index >= 15 is 0 Å². The summed E-state index contributed by atoms with van der Waals surface area (Å²) < 4.78 is 4.47. The molecule has 0 saturated carbocycles. The third-order valence-electron chi connectivity index (χ3n) is 8.75. The van der Waals surface area contributed by atoms with Crippen molar-refractivity contribution < 1.29 is 0 Å². The maximum absolute atomic E-state index is 2.91. The Balaban J connectivity index is 2.46. The first-order valence-corrected chi connectivity index (χ1v) is 45.4. The van der Waals surface area contributed by atoms with Gasteiger partial charge in [0, 0.05) is 0 Å². The zero-order valence-corrected chi connectivity index (χ0v) is 38.7. The summed E-state index contributed by atoms with van der Waals surface area (Å²) in [5, 5.41) is 3.85. The van der Waals surface area contributed by atoms with Crippen LogP contribution in [-0.4, -0.2) is 86.0 Å². The first kappa shape index (κ1) is 35.0. The second kappa shape index (κ2) is 10.8. The average Bonchev–Trinajstić information content (AvgIpc) is 3.20. The number of rotatable bonds is 10. The molecule has 212 valence electrons. The van der Waals surface area contributed by atoms with Gasteiger partial charge in [0.15, 0.2) is 0 Å². The summed E-state index contributed by atoms with van der Waals surface area (Å²) >= 11 is 2.08. The number of hydrogen-bond acceptors (Lipinski definition) is 0. The molecule has 0 aromatic rings. The van der Waals surface area contributed by atoms with E-state index in [-0.39, 0.29) is 0 Å². The van der Waals surface area contributed by atoms with E-state index in [1.54, 1.807) is 8.94 Å². The van der Waals surface area contributed by atoms with Crippen LogP contribution in [0, 0.1) is 0 Å². The van der Waals surface area contributed by atoms with Crippen molar-refractivity contribution in [1.29, 1.82) is 0 Å². The van der Waals surface area contributed by atoms with Crippen molar-refractivity contribution in [2.24, 2.45) is 0 Å². The Morgan fingerprint density at radius 2 is 0.676 bits per heavy atom. The van der Waals surface area contributed by atoms with E-state index in [1.807, 2.05) is 10.4 Å².